The Morgan fingerprint density at radius 1 is 1.17 bits per heavy atom. The molecule has 3 rings (SSSR count). The lowest BCUT2D eigenvalue weighted by Gasteiger charge is -2.06. The number of nitrogens with zero attached hydrogens (tertiary/aromatic N) is 1. The minimum Gasteiger partial charge on any atom is -0.497 e. The number of benzene rings is 2. The topological polar surface area (TPSA) is 75.7 Å². The summed E-state index contributed by atoms with van der Waals surface area (Å²) in [6, 6.07) is 13.0. The Kier molecular flexibility index (Phi) is 4.47. The van der Waals surface area contributed by atoms with Gasteiger partial charge in [-0.2, -0.15) is 5.10 Å². The molecular weight excluding hydrogens is 306 g/mol. The van der Waals surface area contributed by atoms with Crippen molar-refractivity contribution in [3.8, 4) is 11.5 Å². The van der Waals surface area contributed by atoms with Gasteiger partial charge in [0.25, 0.3) is 5.91 Å². The Bertz CT molecular complexity index is 899. The Morgan fingerprint density at radius 2 is 2.00 bits per heavy atom. The molecule has 2 N–H and O–H groups in total. The van der Waals surface area contributed by atoms with Crippen molar-refractivity contribution >= 4 is 23.0 Å². The molecule has 0 bridgehead atoms. The fourth-order valence-corrected chi connectivity index (χ4v) is 2.41. The summed E-state index contributed by atoms with van der Waals surface area (Å²) in [5, 5.41) is 4.86. The molecule has 0 fully saturated rings. The number of hydrogen-bond donors (Lipinski definition) is 2. The van der Waals surface area contributed by atoms with Crippen LogP contribution in [0.15, 0.2) is 53.8 Å². The third-order valence-corrected chi connectivity index (χ3v) is 3.64. The van der Waals surface area contributed by atoms with Gasteiger partial charge in [-0.05, 0) is 18.2 Å². The highest BCUT2D eigenvalue weighted by atomic mass is 16.5. The molecule has 0 aliphatic heterocycles. The van der Waals surface area contributed by atoms with Gasteiger partial charge in [0.1, 0.15) is 11.5 Å². The number of methoxy groups -OCH3 is 2. The van der Waals surface area contributed by atoms with E-state index in [1.165, 1.54) is 6.21 Å². The van der Waals surface area contributed by atoms with Gasteiger partial charge < -0.3 is 14.5 Å². The molecule has 0 aliphatic rings. The fraction of sp³-hybridized carbons (Fsp3) is 0.111. The molecule has 6 nitrogen and oxygen atoms in total. The van der Waals surface area contributed by atoms with Gasteiger partial charge in [-0.3, -0.25) is 4.79 Å². The fourth-order valence-electron chi connectivity index (χ4n) is 2.41. The highest BCUT2D eigenvalue weighted by Crippen LogP contribution is 2.23. The average Bonchev–Trinajstić information content (AvgIpc) is 3.06. The second-order valence-corrected chi connectivity index (χ2v) is 5.05. The highest BCUT2D eigenvalue weighted by Gasteiger charge is 2.10. The summed E-state index contributed by atoms with van der Waals surface area (Å²) in [6.07, 6.45) is 3.20. The zero-order chi connectivity index (χ0) is 16.9. The first-order chi connectivity index (χ1) is 11.7. The molecule has 3 aromatic rings. The Balaban J connectivity index is 1.75. The molecule has 0 spiro atoms. The first-order valence-corrected chi connectivity index (χ1v) is 7.34. The van der Waals surface area contributed by atoms with Crippen LogP contribution in [0.3, 0.4) is 0 Å². The lowest BCUT2D eigenvalue weighted by atomic mass is 10.2. The minimum absolute atomic E-state index is 0.281. The number of aromatic amines is 1. The van der Waals surface area contributed by atoms with Crippen LogP contribution in [0.25, 0.3) is 10.9 Å². The van der Waals surface area contributed by atoms with Crippen molar-refractivity contribution < 1.29 is 14.3 Å². The number of fused-ring (bicyclic) bond motifs is 1. The monoisotopic (exact) mass is 323 g/mol. The SMILES string of the molecule is COc1ccc(/C=N/NC(=O)c2c[nH]c3ccccc23)c(OC)c1. The predicted molar refractivity (Wildman–Crippen MR) is 92.9 cm³/mol. The molecule has 1 aromatic heterocycles. The van der Waals surface area contributed by atoms with Crippen LogP contribution in [0.2, 0.25) is 0 Å². The number of rotatable bonds is 5. The van der Waals surface area contributed by atoms with Gasteiger partial charge in [0.15, 0.2) is 0 Å². The van der Waals surface area contributed by atoms with Crippen LogP contribution in [0, 0.1) is 0 Å². The molecule has 24 heavy (non-hydrogen) atoms. The van der Waals surface area contributed by atoms with Gasteiger partial charge in [-0.1, -0.05) is 18.2 Å². The minimum atomic E-state index is -0.281. The van der Waals surface area contributed by atoms with Crippen molar-refractivity contribution in [1.29, 1.82) is 0 Å². The number of carbonyl (C=O) groups is 1. The van der Waals surface area contributed by atoms with Crippen LogP contribution < -0.4 is 14.9 Å². The number of hydrazone groups is 1. The third-order valence-electron chi connectivity index (χ3n) is 3.64. The molecule has 1 amide bonds. The zero-order valence-corrected chi connectivity index (χ0v) is 13.4. The van der Waals surface area contributed by atoms with Crippen molar-refractivity contribution in [3.05, 3.63) is 59.8 Å². The second-order valence-electron chi connectivity index (χ2n) is 5.05. The van der Waals surface area contributed by atoms with E-state index in [2.05, 4.69) is 15.5 Å². The van der Waals surface area contributed by atoms with E-state index in [1.54, 1.807) is 38.6 Å². The summed E-state index contributed by atoms with van der Waals surface area (Å²) in [5.74, 6) is 1.02. The Morgan fingerprint density at radius 3 is 2.79 bits per heavy atom. The van der Waals surface area contributed by atoms with Gasteiger partial charge >= 0.3 is 0 Å². The van der Waals surface area contributed by atoms with Crippen LogP contribution in [-0.4, -0.2) is 31.3 Å². The lowest BCUT2D eigenvalue weighted by molar-refractivity contribution is 0.0957. The number of hydrogen-bond acceptors (Lipinski definition) is 4. The molecular formula is C18H17N3O3. The average molecular weight is 323 g/mol. The zero-order valence-electron chi connectivity index (χ0n) is 13.4. The third kappa shape index (κ3) is 3.08. The molecule has 6 heteroatoms. The van der Waals surface area contributed by atoms with E-state index in [9.17, 15) is 4.79 Å². The number of carbonyl (C=O) groups excluding carboxylic acids is 1. The van der Waals surface area contributed by atoms with Crippen molar-refractivity contribution in [3.63, 3.8) is 0 Å². The predicted octanol–water partition coefficient (Wildman–Crippen LogP) is 2.95. The molecule has 0 unspecified atom stereocenters. The van der Waals surface area contributed by atoms with Crippen molar-refractivity contribution in [2.45, 2.75) is 0 Å². The summed E-state index contributed by atoms with van der Waals surface area (Å²) in [4.78, 5) is 15.3. The van der Waals surface area contributed by atoms with Crippen molar-refractivity contribution in [2.24, 2.45) is 5.10 Å². The molecule has 122 valence electrons. The van der Waals surface area contributed by atoms with Crippen LogP contribution >= 0.6 is 0 Å². The van der Waals surface area contributed by atoms with E-state index in [4.69, 9.17) is 9.47 Å². The van der Waals surface area contributed by atoms with Crippen LogP contribution in [0.4, 0.5) is 0 Å². The van der Waals surface area contributed by atoms with Gasteiger partial charge in [0.05, 0.1) is 26.0 Å². The van der Waals surface area contributed by atoms with Crippen LogP contribution in [-0.2, 0) is 0 Å². The molecule has 0 saturated carbocycles. The first kappa shape index (κ1) is 15.6. The summed E-state index contributed by atoms with van der Waals surface area (Å²) >= 11 is 0. The maximum atomic E-state index is 12.3. The summed E-state index contributed by atoms with van der Waals surface area (Å²) < 4.78 is 10.4. The van der Waals surface area contributed by atoms with E-state index < -0.39 is 0 Å². The summed E-state index contributed by atoms with van der Waals surface area (Å²) in [7, 11) is 3.15. The van der Waals surface area contributed by atoms with Crippen LogP contribution in [0.1, 0.15) is 15.9 Å². The summed E-state index contributed by atoms with van der Waals surface area (Å²) in [5.41, 5.74) is 4.71. The lowest BCUT2D eigenvalue weighted by Crippen LogP contribution is -2.17. The quantitative estimate of drug-likeness (QED) is 0.560. The number of H-pyrrole nitrogens is 1. The van der Waals surface area contributed by atoms with Gasteiger partial charge in [-0.15, -0.1) is 0 Å². The standard InChI is InChI=1S/C18H17N3O3/c1-23-13-8-7-12(17(9-13)24-2)10-20-21-18(22)15-11-19-16-6-4-3-5-14(15)16/h3-11,19H,1-2H3,(H,21,22)/b20-10+. The summed E-state index contributed by atoms with van der Waals surface area (Å²) in [6.45, 7) is 0. The number of nitrogens with one attached hydrogen (secondary N) is 2. The Labute approximate surface area is 139 Å². The number of para-hydroxylation sites is 1. The Hall–Kier alpha value is -3.28. The highest BCUT2D eigenvalue weighted by molar-refractivity contribution is 6.06. The maximum Gasteiger partial charge on any atom is 0.273 e. The van der Waals surface area contributed by atoms with Crippen LogP contribution in [0.5, 0.6) is 11.5 Å². The van der Waals surface area contributed by atoms with E-state index in [0.717, 1.165) is 16.5 Å². The smallest absolute Gasteiger partial charge is 0.273 e. The first-order valence-electron chi connectivity index (χ1n) is 7.34. The molecule has 0 aliphatic carbocycles. The van der Waals surface area contributed by atoms with Crippen molar-refractivity contribution in [1.82, 2.24) is 10.4 Å². The van der Waals surface area contributed by atoms with E-state index in [0.29, 0.717) is 17.1 Å². The molecule has 0 radical (unpaired) electrons. The molecule has 0 saturated heterocycles. The maximum absolute atomic E-state index is 12.3. The van der Waals surface area contributed by atoms with E-state index in [1.807, 2.05) is 24.3 Å². The van der Waals surface area contributed by atoms with Gasteiger partial charge in [0, 0.05) is 28.7 Å². The normalized spacial score (nSPS) is 10.9. The molecule has 1 heterocycles. The largest absolute Gasteiger partial charge is 0.497 e. The van der Waals surface area contributed by atoms with E-state index in [-0.39, 0.29) is 5.91 Å². The number of aromatic nitrogens is 1. The van der Waals surface area contributed by atoms with Gasteiger partial charge in [-0.25, -0.2) is 5.43 Å². The van der Waals surface area contributed by atoms with E-state index >= 15 is 0 Å². The number of amides is 1. The van der Waals surface area contributed by atoms with Crippen molar-refractivity contribution in [2.75, 3.05) is 14.2 Å². The number of ether oxygens (including phenoxy) is 2. The van der Waals surface area contributed by atoms with Gasteiger partial charge in [0.2, 0.25) is 0 Å². The second kappa shape index (κ2) is 6.87. The molecule has 2 aromatic carbocycles. The molecule has 0 atom stereocenters.